The third-order valence-electron chi connectivity index (χ3n) is 4.93. The molecule has 0 aliphatic carbocycles. The van der Waals surface area contributed by atoms with Crippen LogP contribution in [0, 0.1) is 0 Å². The number of ether oxygens (including phenoxy) is 1. The van der Waals surface area contributed by atoms with Gasteiger partial charge in [-0.15, -0.1) is 0 Å². The molecule has 1 heterocycles. The van der Waals surface area contributed by atoms with Crippen LogP contribution < -0.4 is 9.64 Å². The third-order valence-corrected chi connectivity index (χ3v) is 4.93. The fourth-order valence-corrected chi connectivity index (χ4v) is 3.58. The van der Waals surface area contributed by atoms with Crippen LogP contribution in [0.25, 0.3) is 6.08 Å². The lowest BCUT2D eigenvalue weighted by Gasteiger charge is -2.35. The second kappa shape index (κ2) is 7.61. The predicted molar refractivity (Wildman–Crippen MR) is 115 cm³/mol. The first kappa shape index (κ1) is 17.9. The number of anilines is 1. The van der Waals surface area contributed by atoms with Crippen LogP contribution in [-0.2, 0) is 0 Å². The molecule has 0 fully saturated rings. The molecule has 4 rings (SSSR count). The molecule has 1 unspecified atom stereocenters. The molecular weight excluding hydrogens is 348 g/mol. The molecule has 4 heteroatoms. The van der Waals surface area contributed by atoms with Gasteiger partial charge in [0, 0.05) is 16.8 Å². The van der Waals surface area contributed by atoms with Crippen LogP contribution in [0.3, 0.4) is 0 Å². The normalized spacial score (nSPS) is 16.0. The van der Waals surface area contributed by atoms with Crippen LogP contribution in [0.5, 0.6) is 11.5 Å². The minimum absolute atomic E-state index is 0.119. The molecule has 0 saturated carbocycles. The highest BCUT2D eigenvalue weighted by Crippen LogP contribution is 2.38. The van der Waals surface area contributed by atoms with Crippen molar-refractivity contribution in [2.24, 2.45) is 4.99 Å². The number of methoxy groups -OCH3 is 1. The molecule has 0 radical (unpaired) electrons. The molecule has 4 nitrogen and oxygen atoms in total. The van der Waals surface area contributed by atoms with E-state index in [0.717, 1.165) is 22.8 Å². The Hall–Kier alpha value is -3.53. The first-order valence-corrected chi connectivity index (χ1v) is 9.25. The maximum atomic E-state index is 10.0. The van der Waals surface area contributed by atoms with E-state index in [1.807, 2.05) is 54.6 Å². The van der Waals surface area contributed by atoms with E-state index in [2.05, 4.69) is 30.0 Å². The molecule has 1 N–H and O–H groups in total. The van der Waals surface area contributed by atoms with Crippen LogP contribution in [0.1, 0.15) is 24.1 Å². The first-order chi connectivity index (χ1) is 13.7. The van der Waals surface area contributed by atoms with Crippen LogP contribution in [0.2, 0.25) is 0 Å². The summed E-state index contributed by atoms with van der Waals surface area (Å²) in [7, 11) is 1.55. The molecule has 1 aliphatic rings. The van der Waals surface area contributed by atoms with Crippen LogP contribution >= 0.6 is 0 Å². The summed E-state index contributed by atoms with van der Waals surface area (Å²) < 4.78 is 5.35. The Kier molecular flexibility index (Phi) is 4.85. The lowest BCUT2D eigenvalue weighted by atomic mass is 10.0. The van der Waals surface area contributed by atoms with Crippen LogP contribution in [-0.4, -0.2) is 18.1 Å². The van der Waals surface area contributed by atoms with Gasteiger partial charge >= 0.3 is 0 Å². The number of amidine groups is 1. The maximum Gasteiger partial charge on any atom is 0.167 e. The van der Waals surface area contributed by atoms with Gasteiger partial charge in [0.2, 0.25) is 0 Å². The predicted octanol–water partition coefficient (Wildman–Crippen LogP) is 5.73. The summed E-state index contributed by atoms with van der Waals surface area (Å²) in [5, 5.41) is 10.0. The van der Waals surface area contributed by atoms with Crippen LogP contribution in [0.4, 0.5) is 11.4 Å². The number of aromatic hydroxyl groups is 1. The van der Waals surface area contributed by atoms with Gasteiger partial charge in [-0.1, -0.05) is 48.5 Å². The number of nitrogens with zero attached hydrogens (tertiary/aromatic N) is 2. The Morgan fingerprint density at radius 3 is 2.46 bits per heavy atom. The van der Waals surface area contributed by atoms with Crippen molar-refractivity contribution in [2.75, 3.05) is 12.0 Å². The standard InChI is InChI=1S/C24H22N2O2/c1-17-20-12-6-7-13-21(20)25-23(26(17)19-10-4-3-5-11-19)16-15-18-9-8-14-22(27)24(18)28-2/h3-17,27H,1-2H3/b16-15+. The van der Waals surface area contributed by atoms with Crippen molar-refractivity contribution in [3.63, 3.8) is 0 Å². The summed E-state index contributed by atoms with van der Waals surface area (Å²) in [5.74, 6) is 1.41. The van der Waals surface area contributed by atoms with Gasteiger partial charge in [-0.05, 0) is 43.3 Å². The Morgan fingerprint density at radius 1 is 0.929 bits per heavy atom. The number of hydrogen-bond acceptors (Lipinski definition) is 4. The summed E-state index contributed by atoms with van der Waals surface area (Å²) in [6.07, 6.45) is 3.89. The van der Waals surface area contributed by atoms with Gasteiger partial charge in [0.15, 0.2) is 11.5 Å². The number of rotatable bonds is 4. The average molecular weight is 370 g/mol. The topological polar surface area (TPSA) is 45.1 Å². The summed E-state index contributed by atoms with van der Waals surface area (Å²) in [5.41, 5.74) is 4.05. The second-order valence-electron chi connectivity index (χ2n) is 6.64. The average Bonchev–Trinajstić information content (AvgIpc) is 2.73. The molecular formula is C24H22N2O2. The Morgan fingerprint density at radius 2 is 1.68 bits per heavy atom. The largest absolute Gasteiger partial charge is 0.504 e. The number of fused-ring (bicyclic) bond motifs is 1. The molecule has 3 aromatic rings. The fourth-order valence-electron chi connectivity index (χ4n) is 3.58. The Bertz CT molecular complexity index is 1040. The summed E-state index contributed by atoms with van der Waals surface area (Å²) in [6, 6.07) is 23.9. The number of para-hydroxylation sites is 3. The number of phenolic OH excluding ortho intramolecular Hbond substituents is 1. The molecule has 0 bridgehead atoms. The highest BCUT2D eigenvalue weighted by molar-refractivity contribution is 6.10. The van der Waals surface area contributed by atoms with Crippen molar-refractivity contribution in [2.45, 2.75) is 13.0 Å². The van der Waals surface area contributed by atoms with E-state index in [1.54, 1.807) is 19.2 Å². The maximum absolute atomic E-state index is 10.0. The summed E-state index contributed by atoms with van der Waals surface area (Å²) in [4.78, 5) is 7.12. The molecule has 3 aromatic carbocycles. The Labute approximate surface area is 165 Å². The minimum Gasteiger partial charge on any atom is -0.504 e. The number of phenols is 1. The van der Waals surface area contributed by atoms with Crippen molar-refractivity contribution in [3.05, 3.63) is 90.0 Å². The van der Waals surface area contributed by atoms with Crippen molar-refractivity contribution in [1.29, 1.82) is 0 Å². The second-order valence-corrected chi connectivity index (χ2v) is 6.64. The molecule has 0 saturated heterocycles. The van der Waals surface area contributed by atoms with E-state index < -0.39 is 0 Å². The third kappa shape index (κ3) is 3.25. The van der Waals surface area contributed by atoms with Gasteiger partial charge in [0.25, 0.3) is 0 Å². The number of hydrogen-bond donors (Lipinski definition) is 1. The summed E-state index contributed by atoms with van der Waals surface area (Å²) in [6.45, 7) is 2.18. The van der Waals surface area contributed by atoms with Crippen molar-refractivity contribution >= 4 is 23.3 Å². The van der Waals surface area contributed by atoms with Gasteiger partial charge in [-0.25, -0.2) is 4.99 Å². The Balaban J connectivity index is 1.80. The molecule has 0 amide bonds. The van der Waals surface area contributed by atoms with Gasteiger partial charge in [0.1, 0.15) is 5.84 Å². The highest BCUT2D eigenvalue weighted by Gasteiger charge is 2.26. The molecule has 140 valence electrons. The fraction of sp³-hybridized carbons (Fsp3) is 0.125. The quantitative estimate of drug-likeness (QED) is 0.638. The molecule has 1 aliphatic heterocycles. The molecule has 0 aromatic heterocycles. The zero-order valence-electron chi connectivity index (χ0n) is 15.9. The van der Waals surface area contributed by atoms with Crippen molar-refractivity contribution < 1.29 is 9.84 Å². The van der Waals surface area contributed by atoms with Crippen molar-refractivity contribution in [3.8, 4) is 11.5 Å². The van der Waals surface area contributed by atoms with Gasteiger partial charge < -0.3 is 14.7 Å². The summed E-state index contributed by atoms with van der Waals surface area (Å²) >= 11 is 0. The van der Waals surface area contributed by atoms with Crippen LogP contribution in [0.15, 0.2) is 83.9 Å². The van der Waals surface area contributed by atoms with Gasteiger partial charge in [-0.3, -0.25) is 0 Å². The van der Waals surface area contributed by atoms with E-state index in [4.69, 9.17) is 9.73 Å². The molecule has 1 atom stereocenters. The van der Waals surface area contributed by atoms with E-state index in [9.17, 15) is 5.11 Å². The highest BCUT2D eigenvalue weighted by atomic mass is 16.5. The molecule has 28 heavy (non-hydrogen) atoms. The lowest BCUT2D eigenvalue weighted by molar-refractivity contribution is 0.372. The number of aliphatic imine (C=N–C) groups is 1. The van der Waals surface area contributed by atoms with E-state index >= 15 is 0 Å². The smallest absolute Gasteiger partial charge is 0.167 e. The van der Waals surface area contributed by atoms with E-state index in [1.165, 1.54) is 5.56 Å². The zero-order valence-corrected chi connectivity index (χ0v) is 15.9. The minimum atomic E-state index is 0.119. The van der Waals surface area contributed by atoms with Crippen molar-refractivity contribution in [1.82, 2.24) is 0 Å². The first-order valence-electron chi connectivity index (χ1n) is 9.25. The number of benzene rings is 3. The van der Waals surface area contributed by atoms with E-state index in [-0.39, 0.29) is 11.8 Å². The molecule has 0 spiro atoms. The van der Waals surface area contributed by atoms with Gasteiger partial charge in [-0.2, -0.15) is 0 Å². The monoisotopic (exact) mass is 370 g/mol. The lowest BCUT2D eigenvalue weighted by Crippen LogP contribution is -2.34. The van der Waals surface area contributed by atoms with E-state index in [0.29, 0.717) is 5.75 Å². The SMILES string of the molecule is COc1c(O)cccc1/C=C/C1=Nc2ccccc2C(C)N1c1ccccc1. The zero-order chi connectivity index (χ0) is 19.5. The van der Waals surface area contributed by atoms with Gasteiger partial charge in [0.05, 0.1) is 18.8 Å².